The highest BCUT2D eigenvalue weighted by Crippen LogP contribution is 2.20. The lowest BCUT2D eigenvalue weighted by Crippen LogP contribution is -1.81. The van der Waals surface area contributed by atoms with Crippen molar-refractivity contribution in [2.75, 3.05) is 7.11 Å². The lowest BCUT2D eigenvalue weighted by atomic mass is 10.0. The highest BCUT2D eigenvalue weighted by atomic mass is 16.5. The molecule has 0 aromatic heterocycles. The van der Waals surface area contributed by atoms with Crippen LogP contribution in [0.1, 0.15) is 16.7 Å². The summed E-state index contributed by atoms with van der Waals surface area (Å²) in [5.41, 5.74) is 2.95. The molecule has 0 unspecified atom stereocenters. The van der Waals surface area contributed by atoms with Crippen molar-refractivity contribution in [2.24, 2.45) is 0 Å². The predicted molar refractivity (Wildman–Crippen MR) is 90.6 cm³/mol. The average Bonchev–Trinajstić information content (AvgIpc) is 2.59. The van der Waals surface area contributed by atoms with E-state index < -0.39 is 0 Å². The van der Waals surface area contributed by atoms with Gasteiger partial charge in [0.25, 0.3) is 0 Å². The molecule has 0 saturated heterocycles. The van der Waals surface area contributed by atoms with E-state index in [1.165, 1.54) is 0 Å². The molecule has 0 N–H and O–H groups in total. The fourth-order valence-corrected chi connectivity index (χ4v) is 2.34. The van der Waals surface area contributed by atoms with Gasteiger partial charge in [0.05, 0.1) is 18.7 Å². The van der Waals surface area contributed by atoms with E-state index in [1.807, 2.05) is 48.5 Å². The minimum atomic E-state index is 0.689. The molecule has 0 aliphatic heterocycles. The van der Waals surface area contributed by atoms with Crippen LogP contribution in [0.3, 0.4) is 0 Å². The summed E-state index contributed by atoms with van der Waals surface area (Å²) in [7, 11) is 1.66. The van der Waals surface area contributed by atoms with Crippen LogP contribution in [0.15, 0.2) is 60.7 Å². The molecule has 3 aromatic carbocycles. The minimum Gasteiger partial charge on any atom is -0.497 e. The van der Waals surface area contributed by atoms with Gasteiger partial charge in [-0.2, -0.15) is 5.26 Å². The molecule has 0 fully saturated rings. The van der Waals surface area contributed by atoms with Gasteiger partial charge in [-0.3, -0.25) is 0 Å². The minimum absolute atomic E-state index is 0.689. The summed E-state index contributed by atoms with van der Waals surface area (Å²) in [4.78, 5) is 0. The van der Waals surface area contributed by atoms with Crippen molar-refractivity contribution in [1.82, 2.24) is 0 Å². The van der Waals surface area contributed by atoms with Crippen molar-refractivity contribution < 1.29 is 4.74 Å². The second-order valence-electron chi connectivity index (χ2n) is 5.04. The van der Waals surface area contributed by atoms with Gasteiger partial charge in [0.15, 0.2) is 0 Å². The number of nitrogens with zero attached hydrogens (tertiary/aromatic N) is 1. The Labute approximate surface area is 129 Å². The Morgan fingerprint density at radius 3 is 2.18 bits per heavy atom. The number of rotatable bonds is 3. The van der Waals surface area contributed by atoms with E-state index in [2.05, 4.69) is 30.4 Å². The van der Waals surface area contributed by atoms with Crippen LogP contribution in [-0.4, -0.2) is 7.11 Å². The van der Waals surface area contributed by atoms with Crippen LogP contribution in [0.2, 0.25) is 0 Å². The van der Waals surface area contributed by atoms with Crippen LogP contribution >= 0.6 is 0 Å². The second kappa shape index (κ2) is 6.15. The molecule has 0 aliphatic carbocycles. The summed E-state index contributed by atoms with van der Waals surface area (Å²) in [6.45, 7) is 0. The molecule has 0 heterocycles. The third-order valence-corrected chi connectivity index (χ3v) is 3.58. The maximum Gasteiger partial charge on any atom is 0.118 e. The molecular formula is C20H15NO. The zero-order valence-corrected chi connectivity index (χ0v) is 12.3. The molecule has 22 heavy (non-hydrogen) atoms. The van der Waals surface area contributed by atoms with Crippen molar-refractivity contribution in [3.05, 3.63) is 77.4 Å². The van der Waals surface area contributed by atoms with Gasteiger partial charge in [-0.05, 0) is 52.2 Å². The topological polar surface area (TPSA) is 33.0 Å². The summed E-state index contributed by atoms with van der Waals surface area (Å²) in [6.07, 6.45) is 4.16. The first-order chi connectivity index (χ1) is 10.8. The standard InChI is InChI=1S/C20H15NO/c1-22-20-10-6-15(7-11-20)2-3-16-4-8-19-13-17(14-21)5-9-18(19)12-16/h2-13H,1H3/b3-2-. The van der Waals surface area contributed by atoms with Crippen molar-refractivity contribution in [3.63, 3.8) is 0 Å². The molecule has 3 rings (SSSR count). The molecule has 3 aromatic rings. The van der Waals surface area contributed by atoms with Gasteiger partial charge in [-0.25, -0.2) is 0 Å². The van der Waals surface area contributed by atoms with Crippen molar-refractivity contribution in [3.8, 4) is 11.8 Å². The van der Waals surface area contributed by atoms with Gasteiger partial charge < -0.3 is 4.74 Å². The number of ether oxygens (including phenoxy) is 1. The number of benzene rings is 3. The Bertz CT molecular complexity index is 870. The Kier molecular flexibility index (Phi) is 3.89. The number of hydrogen-bond acceptors (Lipinski definition) is 2. The SMILES string of the molecule is COc1ccc(/C=C\c2ccc3cc(C#N)ccc3c2)cc1. The maximum absolute atomic E-state index is 8.93. The molecule has 0 saturated carbocycles. The van der Waals surface area contributed by atoms with Crippen LogP contribution < -0.4 is 4.74 Å². The third-order valence-electron chi connectivity index (χ3n) is 3.58. The normalized spacial score (nSPS) is 10.7. The van der Waals surface area contributed by atoms with E-state index in [1.54, 1.807) is 7.11 Å². The first-order valence-corrected chi connectivity index (χ1v) is 7.04. The Morgan fingerprint density at radius 1 is 0.818 bits per heavy atom. The summed E-state index contributed by atoms with van der Waals surface area (Å²) < 4.78 is 5.15. The van der Waals surface area contributed by atoms with Crippen LogP contribution in [0.25, 0.3) is 22.9 Å². The second-order valence-corrected chi connectivity index (χ2v) is 5.04. The van der Waals surface area contributed by atoms with Gasteiger partial charge in [0.1, 0.15) is 5.75 Å². The van der Waals surface area contributed by atoms with Gasteiger partial charge in [-0.15, -0.1) is 0 Å². The summed E-state index contributed by atoms with van der Waals surface area (Å²) >= 11 is 0. The summed E-state index contributed by atoms with van der Waals surface area (Å²) in [5, 5.41) is 11.1. The molecule has 2 nitrogen and oxygen atoms in total. The fraction of sp³-hybridized carbons (Fsp3) is 0.0500. The van der Waals surface area contributed by atoms with Crippen molar-refractivity contribution >= 4 is 22.9 Å². The maximum atomic E-state index is 8.93. The first-order valence-electron chi connectivity index (χ1n) is 7.04. The fourth-order valence-electron chi connectivity index (χ4n) is 2.34. The molecular weight excluding hydrogens is 270 g/mol. The average molecular weight is 285 g/mol. The highest BCUT2D eigenvalue weighted by molar-refractivity contribution is 5.87. The van der Waals surface area contributed by atoms with Crippen molar-refractivity contribution in [1.29, 1.82) is 5.26 Å². The Balaban J connectivity index is 1.86. The zero-order chi connectivity index (χ0) is 15.4. The van der Waals surface area contributed by atoms with Crippen molar-refractivity contribution in [2.45, 2.75) is 0 Å². The predicted octanol–water partition coefficient (Wildman–Crippen LogP) is 4.89. The number of nitriles is 1. The van der Waals surface area contributed by atoms with E-state index in [0.717, 1.165) is 27.6 Å². The Hall–Kier alpha value is -3.05. The lowest BCUT2D eigenvalue weighted by Gasteiger charge is -2.01. The quantitative estimate of drug-likeness (QED) is 0.642. The Morgan fingerprint density at radius 2 is 1.45 bits per heavy atom. The van der Waals surface area contributed by atoms with Gasteiger partial charge in [-0.1, -0.05) is 42.5 Å². The van der Waals surface area contributed by atoms with Crippen LogP contribution in [-0.2, 0) is 0 Å². The number of hydrogen-bond donors (Lipinski definition) is 0. The van der Waals surface area contributed by atoms with E-state index >= 15 is 0 Å². The van der Waals surface area contributed by atoms with E-state index in [-0.39, 0.29) is 0 Å². The van der Waals surface area contributed by atoms with E-state index in [9.17, 15) is 0 Å². The molecule has 0 bridgehead atoms. The largest absolute Gasteiger partial charge is 0.497 e. The molecule has 106 valence electrons. The summed E-state index contributed by atoms with van der Waals surface area (Å²) in [6, 6.07) is 22.1. The van der Waals surface area contributed by atoms with Gasteiger partial charge in [0.2, 0.25) is 0 Å². The van der Waals surface area contributed by atoms with E-state index in [4.69, 9.17) is 10.00 Å². The van der Waals surface area contributed by atoms with Gasteiger partial charge >= 0.3 is 0 Å². The molecule has 0 spiro atoms. The summed E-state index contributed by atoms with van der Waals surface area (Å²) in [5.74, 6) is 0.858. The molecule has 0 radical (unpaired) electrons. The van der Waals surface area contributed by atoms with Crippen LogP contribution in [0.5, 0.6) is 5.75 Å². The molecule has 2 heteroatoms. The monoisotopic (exact) mass is 285 g/mol. The zero-order valence-electron chi connectivity index (χ0n) is 12.3. The number of fused-ring (bicyclic) bond motifs is 1. The van der Waals surface area contributed by atoms with Crippen LogP contribution in [0, 0.1) is 11.3 Å². The van der Waals surface area contributed by atoms with Gasteiger partial charge in [0, 0.05) is 0 Å². The first kappa shape index (κ1) is 13.9. The van der Waals surface area contributed by atoms with Crippen LogP contribution in [0.4, 0.5) is 0 Å². The lowest BCUT2D eigenvalue weighted by molar-refractivity contribution is 0.415. The highest BCUT2D eigenvalue weighted by Gasteiger charge is 1.97. The molecule has 0 amide bonds. The third kappa shape index (κ3) is 2.99. The van der Waals surface area contributed by atoms with E-state index in [0.29, 0.717) is 5.56 Å². The molecule has 0 atom stereocenters. The molecule has 0 aliphatic rings. The smallest absolute Gasteiger partial charge is 0.118 e. The number of methoxy groups -OCH3 is 1.